The van der Waals surface area contributed by atoms with Gasteiger partial charge < -0.3 is 0 Å². The van der Waals surface area contributed by atoms with E-state index >= 15 is 0 Å². The van der Waals surface area contributed by atoms with Crippen molar-refractivity contribution in [2.45, 2.75) is 36.9 Å². The van der Waals surface area contributed by atoms with E-state index in [2.05, 4.69) is 15.9 Å². The van der Waals surface area contributed by atoms with Crippen LogP contribution in [0, 0.1) is 0 Å². The Labute approximate surface area is 64.0 Å². The number of halogens is 1. The molecule has 1 saturated carbocycles. The molecule has 0 N–H and O–H groups in total. The van der Waals surface area contributed by atoms with E-state index in [0.29, 0.717) is 5.78 Å². The van der Waals surface area contributed by atoms with Gasteiger partial charge in [-0.25, -0.2) is 0 Å². The van der Waals surface area contributed by atoms with Crippen LogP contribution < -0.4 is 0 Å². The zero-order valence-electron chi connectivity index (χ0n) is 5.40. The molecular formula is C7H11BrO. The molecule has 0 aromatic heterocycles. The number of carbonyl (C=O) groups excluding carboxylic acids is 1. The van der Waals surface area contributed by atoms with Crippen LogP contribution in [0.3, 0.4) is 0 Å². The summed E-state index contributed by atoms with van der Waals surface area (Å²) >= 11 is 3.35. The fraction of sp³-hybridized carbons (Fsp3) is 0.857. The predicted molar refractivity (Wildman–Crippen MR) is 40.8 cm³/mol. The first-order valence-corrected chi connectivity index (χ1v) is 4.39. The third kappa shape index (κ3) is 2.09. The SMILES string of the molecule is O=C1CCCCC[C@@H]1Br. The minimum Gasteiger partial charge on any atom is -0.298 e. The standard InChI is InChI=1S/C7H11BrO/c8-6-4-2-1-3-5-7(6)9/h6H,1-5H2/t6-/m0/s1. The zero-order chi connectivity index (χ0) is 6.69. The van der Waals surface area contributed by atoms with Crippen molar-refractivity contribution in [3.8, 4) is 0 Å². The van der Waals surface area contributed by atoms with Crippen LogP contribution in [-0.2, 0) is 4.79 Å². The Hall–Kier alpha value is 0.150. The van der Waals surface area contributed by atoms with Crippen LogP contribution in [0.1, 0.15) is 32.1 Å². The topological polar surface area (TPSA) is 17.1 Å². The third-order valence-corrected chi connectivity index (χ3v) is 2.70. The summed E-state index contributed by atoms with van der Waals surface area (Å²) in [5.74, 6) is 0.396. The van der Waals surface area contributed by atoms with Crippen LogP contribution in [-0.4, -0.2) is 10.6 Å². The van der Waals surface area contributed by atoms with Gasteiger partial charge in [0.05, 0.1) is 4.83 Å². The van der Waals surface area contributed by atoms with Crippen molar-refractivity contribution in [3.05, 3.63) is 0 Å². The van der Waals surface area contributed by atoms with Crippen LogP contribution in [0.4, 0.5) is 0 Å². The van der Waals surface area contributed by atoms with Crippen LogP contribution in [0.2, 0.25) is 0 Å². The molecule has 2 heteroatoms. The molecule has 0 saturated heterocycles. The quantitative estimate of drug-likeness (QED) is 0.424. The van der Waals surface area contributed by atoms with Crippen molar-refractivity contribution in [1.82, 2.24) is 0 Å². The lowest BCUT2D eigenvalue weighted by Crippen LogP contribution is -2.10. The maximum absolute atomic E-state index is 11.0. The molecule has 52 valence electrons. The van der Waals surface area contributed by atoms with Crippen molar-refractivity contribution < 1.29 is 4.79 Å². The summed E-state index contributed by atoms with van der Waals surface area (Å²) < 4.78 is 0. The van der Waals surface area contributed by atoms with Crippen molar-refractivity contribution in [2.75, 3.05) is 0 Å². The van der Waals surface area contributed by atoms with E-state index in [0.717, 1.165) is 19.3 Å². The minimum absolute atomic E-state index is 0.167. The first-order chi connectivity index (χ1) is 4.30. The van der Waals surface area contributed by atoms with Crippen LogP contribution >= 0.6 is 15.9 Å². The summed E-state index contributed by atoms with van der Waals surface area (Å²) in [6.45, 7) is 0. The Kier molecular flexibility index (Phi) is 2.70. The number of hydrogen-bond donors (Lipinski definition) is 0. The fourth-order valence-corrected chi connectivity index (χ4v) is 1.67. The van der Waals surface area contributed by atoms with Gasteiger partial charge in [-0.3, -0.25) is 4.79 Å². The molecule has 1 aliphatic carbocycles. The number of alkyl halides is 1. The Morgan fingerprint density at radius 3 is 2.89 bits per heavy atom. The maximum Gasteiger partial charge on any atom is 0.146 e. The number of hydrogen-bond acceptors (Lipinski definition) is 1. The van der Waals surface area contributed by atoms with Gasteiger partial charge in [0.25, 0.3) is 0 Å². The lowest BCUT2D eigenvalue weighted by molar-refractivity contribution is -0.118. The summed E-state index contributed by atoms with van der Waals surface area (Å²) in [7, 11) is 0. The van der Waals surface area contributed by atoms with E-state index in [4.69, 9.17) is 0 Å². The van der Waals surface area contributed by atoms with Gasteiger partial charge in [0.1, 0.15) is 5.78 Å². The monoisotopic (exact) mass is 190 g/mol. The van der Waals surface area contributed by atoms with Gasteiger partial charge in [0.2, 0.25) is 0 Å². The first kappa shape index (κ1) is 7.26. The molecule has 0 aromatic rings. The third-order valence-electron chi connectivity index (χ3n) is 1.73. The Bertz CT molecular complexity index is 111. The molecule has 0 aliphatic heterocycles. The molecule has 1 fully saturated rings. The average Bonchev–Trinajstić information content (AvgIpc) is 1.99. The molecule has 0 amide bonds. The largest absolute Gasteiger partial charge is 0.298 e. The summed E-state index contributed by atoms with van der Waals surface area (Å²) in [6.07, 6.45) is 5.37. The molecule has 0 spiro atoms. The average molecular weight is 191 g/mol. The van der Waals surface area contributed by atoms with Gasteiger partial charge >= 0.3 is 0 Å². The predicted octanol–water partition coefficient (Wildman–Crippen LogP) is 2.28. The van der Waals surface area contributed by atoms with Crippen molar-refractivity contribution in [2.24, 2.45) is 0 Å². The number of Topliss-reactive ketones (excluding diaryl/α,β-unsaturated/α-hetero) is 1. The smallest absolute Gasteiger partial charge is 0.146 e. The minimum atomic E-state index is 0.167. The van der Waals surface area contributed by atoms with E-state index < -0.39 is 0 Å². The zero-order valence-corrected chi connectivity index (χ0v) is 6.99. The molecular weight excluding hydrogens is 180 g/mol. The lowest BCUT2D eigenvalue weighted by Gasteiger charge is -2.00. The molecule has 1 atom stereocenters. The first-order valence-electron chi connectivity index (χ1n) is 3.47. The Morgan fingerprint density at radius 1 is 1.33 bits per heavy atom. The van der Waals surface area contributed by atoms with Crippen LogP contribution in [0.25, 0.3) is 0 Å². The van der Waals surface area contributed by atoms with Gasteiger partial charge in [0.15, 0.2) is 0 Å². The summed E-state index contributed by atoms with van der Waals surface area (Å²) in [6, 6.07) is 0. The molecule has 1 nitrogen and oxygen atoms in total. The highest BCUT2D eigenvalue weighted by Gasteiger charge is 2.16. The van der Waals surface area contributed by atoms with Crippen molar-refractivity contribution in [1.29, 1.82) is 0 Å². The lowest BCUT2D eigenvalue weighted by atomic mass is 10.2. The van der Waals surface area contributed by atoms with Crippen LogP contribution in [0.15, 0.2) is 0 Å². The normalized spacial score (nSPS) is 29.9. The van der Waals surface area contributed by atoms with E-state index in [1.807, 2.05) is 0 Å². The highest BCUT2D eigenvalue weighted by Crippen LogP contribution is 2.19. The Morgan fingerprint density at radius 2 is 2.11 bits per heavy atom. The van der Waals surface area contributed by atoms with E-state index in [9.17, 15) is 4.79 Å². The molecule has 0 aromatic carbocycles. The van der Waals surface area contributed by atoms with Crippen molar-refractivity contribution >= 4 is 21.7 Å². The summed E-state index contributed by atoms with van der Waals surface area (Å²) in [5.41, 5.74) is 0. The van der Waals surface area contributed by atoms with Gasteiger partial charge in [0, 0.05) is 6.42 Å². The molecule has 9 heavy (non-hydrogen) atoms. The maximum atomic E-state index is 11.0. The molecule has 0 heterocycles. The van der Waals surface area contributed by atoms with Gasteiger partial charge in [-0.05, 0) is 12.8 Å². The fourth-order valence-electron chi connectivity index (χ4n) is 1.12. The van der Waals surface area contributed by atoms with Gasteiger partial charge in [-0.15, -0.1) is 0 Å². The number of rotatable bonds is 0. The summed E-state index contributed by atoms with van der Waals surface area (Å²) in [5, 5.41) is 0. The molecule has 0 unspecified atom stereocenters. The highest BCUT2D eigenvalue weighted by atomic mass is 79.9. The van der Waals surface area contributed by atoms with Gasteiger partial charge in [-0.2, -0.15) is 0 Å². The van der Waals surface area contributed by atoms with Crippen LogP contribution in [0.5, 0.6) is 0 Å². The number of ketones is 1. The van der Waals surface area contributed by atoms with Gasteiger partial charge in [-0.1, -0.05) is 28.8 Å². The van der Waals surface area contributed by atoms with E-state index in [1.165, 1.54) is 12.8 Å². The van der Waals surface area contributed by atoms with E-state index in [1.54, 1.807) is 0 Å². The molecule has 1 rings (SSSR count). The highest BCUT2D eigenvalue weighted by molar-refractivity contribution is 9.10. The second-order valence-electron chi connectivity index (χ2n) is 2.53. The second kappa shape index (κ2) is 3.35. The number of carbonyl (C=O) groups is 1. The summed E-state index contributed by atoms with van der Waals surface area (Å²) in [4.78, 5) is 11.1. The van der Waals surface area contributed by atoms with Crippen molar-refractivity contribution in [3.63, 3.8) is 0 Å². The Balaban J connectivity index is 2.41. The van der Waals surface area contributed by atoms with E-state index in [-0.39, 0.29) is 4.83 Å². The second-order valence-corrected chi connectivity index (χ2v) is 3.64. The molecule has 1 aliphatic rings. The molecule has 0 radical (unpaired) electrons. The molecule has 0 bridgehead atoms.